The van der Waals surface area contributed by atoms with Crippen molar-refractivity contribution >= 4 is 34.4 Å². The molecule has 2 N–H and O–H groups in total. The molecule has 0 saturated carbocycles. The molecule has 1 aromatic carbocycles. The van der Waals surface area contributed by atoms with Crippen LogP contribution in [0.15, 0.2) is 52.3 Å². The first kappa shape index (κ1) is 18.6. The summed E-state index contributed by atoms with van der Waals surface area (Å²) >= 11 is 1.32. The first-order chi connectivity index (χ1) is 13.0. The Labute approximate surface area is 160 Å². The maximum Gasteiger partial charge on any atom is 0.250 e. The molecule has 0 radical (unpaired) electrons. The molecule has 0 bridgehead atoms. The Kier molecular flexibility index (Phi) is 5.83. The first-order valence-corrected chi connectivity index (χ1v) is 9.22. The van der Waals surface area contributed by atoms with Crippen molar-refractivity contribution in [3.8, 4) is 11.5 Å². The van der Waals surface area contributed by atoms with Crippen LogP contribution in [0.5, 0.6) is 0 Å². The van der Waals surface area contributed by atoms with Gasteiger partial charge in [-0.25, -0.2) is 4.98 Å². The Morgan fingerprint density at radius 2 is 2.11 bits per heavy atom. The normalized spacial score (nSPS) is 10.9. The van der Waals surface area contributed by atoms with E-state index in [1.807, 2.05) is 31.2 Å². The number of amides is 2. The van der Waals surface area contributed by atoms with Crippen molar-refractivity contribution in [3.63, 3.8) is 0 Å². The molecule has 138 valence electrons. The lowest BCUT2D eigenvalue weighted by molar-refractivity contribution is -0.119. The third kappa shape index (κ3) is 5.39. The number of thiazole rings is 1. The summed E-state index contributed by atoms with van der Waals surface area (Å²) in [4.78, 5) is 27.4. The second kappa shape index (κ2) is 8.46. The summed E-state index contributed by atoms with van der Waals surface area (Å²) in [6.45, 7) is 3.78. The monoisotopic (exact) mass is 381 g/mol. The Bertz CT molecular complexity index is 988. The minimum absolute atomic E-state index is 0.120. The number of aromatic nitrogens is 1. The van der Waals surface area contributed by atoms with Crippen LogP contribution in [0.4, 0.5) is 5.13 Å². The molecule has 0 atom stereocenters. The van der Waals surface area contributed by atoms with Crippen LogP contribution in [-0.2, 0) is 16.1 Å². The Balaban J connectivity index is 1.60. The van der Waals surface area contributed by atoms with E-state index in [0.717, 1.165) is 11.1 Å². The van der Waals surface area contributed by atoms with Gasteiger partial charge in [0.2, 0.25) is 11.8 Å². The maximum absolute atomic E-state index is 12.1. The zero-order valence-electron chi connectivity index (χ0n) is 15.0. The van der Waals surface area contributed by atoms with Crippen molar-refractivity contribution in [2.75, 3.05) is 5.32 Å². The summed E-state index contributed by atoms with van der Waals surface area (Å²) in [5.74, 6) is 0.857. The molecule has 3 rings (SSSR count). The molecule has 2 aromatic heterocycles. The average molecular weight is 381 g/mol. The smallest absolute Gasteiger partial charge is 0.250 e. The van der Waals surface area contributed by atoms with Crippen LogP contribution in [-0.4, -0.2) is 16.8 Å². The lowest BCUT2D eigenvalue weighted by Crippen LogP contribution is -2.18. The van der Waals surface area contributed by atoms with E-state index < -0.39 is 0 Å². The quantitative estimate of drug-likeness (QED) is 0.632. The number of anilines is 1. The summed E-state index contributed by atoms with van der Waals surface area (Å²) in [5, 5.41) is 7.72. The molecule has 6 nitrogen and oxygen atoms in total. The maximum atomic E-state index is 12.1. The summed E-state index contributed by atoms with van der Waals surface area (Å²) in [5.41, 5.74) is 2.73. The van der Waals surface area contributed by atoms with Gasteiger partial charge >= 0.3 is 0 Å². The predicted molar refractivity (Wildman–Crippen MR) is 106 cm³/mol. The summed E-state index contributed by atoms with van der Waals surface area (Å²) in [7, 11) is 0. The van der Waals surface area contributed by atoms with Crippen LogP contribution in [0.1, 0.15) is 23.8 Å². The lowest BCUT2D eigenvalue weighted by Gasteiger charge is -1.98. The largest absolute Gasteiger partial charge is 0.458 e. The third-order valence-corrected chi connectivity index (χ3v) is 4.39. The van der Waals surface area contributed by atoms with Crippen LogP contribution < -0.4 is 10.6 Å². The second-order valence-corrected chi connectivity index (χ2v) is 6.81. The summed E-state index contributed by atoms with van der Waals surface area (Å²) < 4.78 is 5.66. The van der Waals surface area contributed by atoms with Gasteiger partial charge in [0.15, 0.2) is 10.9 Å². The SMILES string of the molecule is CC(=O)NCc1ccc(-c2csc(NC(=O)/C=C/c3cccc(C)c3)n2)o1. The van der Waals surface area contributed by atoms with Gasteiger partial charge in [0.1, 0.15) is 11.5 Å². The molecule has 0 fully saturated rings. The topological polar surface area (TPSA) is 84.2 Å². The number of benzene rings is 1. The van der Waals surface area contributed by atoms with Gasteiger partial charge in [-0.3, -0.25) is 14.9 Å². The van der Waals surface area contributed by atoms with E-state index >= 15 is 0 Å². The highest BCUT2D eigenvalue weighted by atomic mass is 32.1. The van der Waals surface area contributed by atoms with Crippen molar-refractivity contribution in [3.05, 3.63) is 64.7 Å². The number of rotatable bonds is 6. The van der Waals surface area contributed by atoms with Gasteiger partial charge in [0.05, 0.1) is 6.54 Å². The highest BCUT2D eigenvalue weighted by Gasteiger charge is 2.10. The molecule has 0 saturated heterocycles. The second-order valence-electron chi connectivity index (χ2n) is 5.95. The Morgan fingerprint density at radius 1 is 1.26 bits per heavy atom. The third-order valence-electron chi connectivity index (χ3n) is 3.63. The van der Waals surface area contributed by atoms with Crippen molar-refractivity contribution in [2.45, 2.75) is 20.4 Å². The van der Waals surface area contributed by atoms with E-state index in [-0.39, 0.29) is 11.8 Å². The van der Waals surface area contributed by atoms with Crippen LogP contribution in [0.25, 0.3) is 17.5 Å². The standard InChI is InChI=1S/C20H19N3O3S/c1-13-4-3-5-15(10-13)6-9-19(25)23-20-22-17(12-27-20)18-8-7-16(26-18)11-21-14(2)24/h3-10,12H,11H2,1-2H3,(H,21,24)(H,22,23,25)/b9-6+. The van der Waals surface area contributed by atoms with E-state index in [0.29, 0.717) is 28.9 Å². The molecule has 0 aliphatic carbocycles. The Hall–Kier alpha value is -3.19. The Morgan fingerprint density at radius 3 is 2.89 bits per heavy atom. The number of hydrogen-bond acceptors (Lipinski definition) is 5. The lowest BCUT2D eigenvalue weighted by atomic mass is 10.1. The van der Waals surface area contributed by atoms with Gasteiger partial charge in [-0.15, -0.1) is 11.3 Å². The molecule has 0 unspecified atom stereocenters. The van der Waals surface area contributed by atoms with Crippen molar-refractivity contribution in [1.29, 1.82) is 0 Å². The zero-order valence-corrected chi connectivity index (χ0v) is 15.8. The van der Waals surface area contributed by atoms with Gasteiger partial charge in [0, 0.05) is 18.4 Å². The minimum atomic E-state index is -0.247. The van der Waals surface area contributed by atoms with Gasteiger partial charge in [-0.1, -0.05) is 29.8 Å². The number of hydrogen-bond donors (Lipinski definition) is 2. The molecule has 2 heterocycles. The van der Waals surface area contributed by atoms with E-state index in [1.165, 1.54) is 24.3 Å². The van der Waals surface area contributed by atoms with E-state index in [1.54, 1.807) is 23.6 Å². The van der Waals surface area contributed by atoms with Gasteiger partial charge < -0.3 is 9.73 Å². The number of nitrogens with zero attached hydrogens (tertiary/aromatic N) is 1. The zero-order chi connectivity index (χ0) is 19.2. The molecule has 2 amide bonds. The molecule has 3 aromatic rings. The number of nitrogens with one attached hydrogen (secondary N) is 2. The molecule has 0 aliphatic heterocycles. The van der Waals surface area contributed by atoms with Crippen LogP contribution in [0, 0.1) is 6.92 Å². The van der Waals surface area contributed by atoms with Crippen LogP contribution in [0.2, 0.25) is 0 Å². The molecular formula is C20H19N3O3S. The average Bonchev–Trinajstić information content (AvgIpc) is 3.27. The van der Waals surface area contributed by atoms with E-state index in [2.05, 4.69) is 15.6 Å². The predicted octanol–water partition coefficient (Wildman–Crippen LogP) is 4.00. The number of carbonyl (C=O) groups is 2. The van der Waals surface area contributed by atoms with Crippen molar-refractivity contribution in [1.82, 2.24) is 10.3 Å². The minimum Gasteiger partial charge on any atom is -0.458 e. The van der Waals surface area contributed by atoms with Crippen LogP contribution in [0.3, 0.4) is 0 Å². The summed E-state index contributed by atoms with van der Waals surface area (Å²) in [6, 6.07) is 11.5. The van der Waals surface area contributed by atoms with E-state index in [9.17, 15) is 9.59 Å². The highest BCUT2D eigenvalue weighted by molar-refractivity contribution is 7.14. The number of aryl methyl sites for hydroxylation is 1. The highest BCUT2D eigenvalue weighted by Crippen LogP contribution is 2.26. The fourth-order valence-corrected chi connectivity index (χ4v) is 3.06. The van der Waals surface area contributed by atoms with E-state index in [4.69, 9.17) is 4.42 Å². The number of furan rings is 1. The van der Waals surface area contributed by atoms with Crippen molar-refractivity contribution < 1.29 is 14.0 Å². The summed E-state index contributed by atoms with van der Waals surface area (Å²) in [6.07, 6.45) is 3.24. The van der Waals surface area contributed by atoms with Gasteiger partial charge in [-0.2, -0.15) is 0 Å². The van der Waals surface area contributed by atoms with Crippen molar-refractivity contribution in [2.24, 2.45) is 0 Å². The van der Waals surface area contributed by atoms with Gasteiger partial charge in [-0.05, 0) is 30.7 Å². The number of carbonyl (C=O) groups excluding carboxylic acids is 2. The van der Waals surface area contributed by atoms with Gasteiger partial charge in [0.25, 0.3) is 0 Å². The molecule has 0 spiro atoms. The molecule has 7 heteroatoms. The fraction of sp³-hybridized carbons (Fsp3) is 0.150. The first-order valence-electron chi connectivity index (χ1n) is 8.34. The molecule has 27 heavy (non-hydrogen) atoms. The molecular weight excluding hydrogens is 362 g/mol. The molecule has 0 aliphatic rings. The fourth-order valence-electron chi connectivity index (χ4n) is 2.36. The van der Waals surface area contributed by atoms with Crippen LogP contribution >= 0.6 is 11.3 Å².